The summed E-state index contributed by atoms with van der Waals surface area (Å²) in [4.78, 5) is 37.9. The van der Waals surface area contributed by atoms with Crippen LogP contribution in [0.5, 0.6) is 5.75 Å². The molecule has 0 aliphatic carbocycles. The number of aromatic amines is 1. The molecule has 0 unspecified atom stereocenters. The number of nitrogens with one attached hydrogen (secondary N) is 1. The number of nitrogens with zero attached hydrogens (tertiary/aromatic N) is 3. The lowest BCUT2D eigenvalue weighted by molar-refractivity contribution is -0.386. The molecule has 1 heterocycles. The van der Waals surface area contributed by atoms with Gasteiger partial charge in [0.1, 0.15) is 0 Å². The summed E-state index contributed by atoms with van der Waals surface area (Å²) in [6.45, 7) is 3.43. The Bertz CT molecular complexity index is 1210. The van der Waals surface area contributed by atoms with Crippen molar-refractivity contribution in [3.8, 4) is 5.75 Å². The molecule has 1 aromatic heterocycles. The summed E-state index contributed by atoms with van der Waals surface area (Å²) in [6, 6.07) is 9.10. The number of H-pyrrole nitrogens is 1. The van der Waals surface area contributed by atoms with Gasteiger partial charge in [-0.05, 0) is 32.0 Å². The minimum atomic E-state index is -0.736. The fraction of sp³-hybridized carbons (Fsp3) is 0.167. The lowest BCUT2D eigenvalue weighted by Gasteiger charge is -2.12. The van der Waals surface area contributed by atoms with Gasteiger partial charge in [0, 0.05) is 11.6 Å². The van der Waals surface area contributed by atoms with Crippen LogP contribution in [0, 0.1) is 10.1 Å². The van der Waals surface area contributed by atoms with E-state index in [0.717, 1.165) is 6.21 Å². The maximum atomic E-state index is 12.5. The highest BCUT2D eigenvalue weighted by atomic mass is 35.5. The lowest BCUT2D eigenvalue weighted by Crippen LogP contribution is -2.32. The van der Waals surface area contributed by atoms with E-state index >= 15 is 0 Å². The molecule has 0 aliphatic heterocycles. The third-order valence-corrected chi connectivity index (χ3v) is 3.98. The van der Waals surface area contributed by atoms with Crippen molar-refractivity contribution in [3.63, 3.8) is 0 Å². The molecule has 3 aromatic rings. The highest BCUT2D eigenvalue weighted by Crippen LogP contribution is 2.36. The Hall–Kier alpha value is -3.46. The van der Waals surface area contributed by atoms with Crippen molar-refractivity contribution in [1.82, 2.24) is 9.66 Å². The van der Waals surface area contributed by atoms with Gasteiger partial charge in [-0.15, -0.1) is 4.68 Å². The summed E-state index contributed by atoms with van der Waals surface area (Å²) in [6.07, 6.45) is 0.828. The third kappa shape index (κ3) is 3.79. The van der Waals surface area contributed by atoms with Crippen LogP contribution in [0.2, 0.25) is 5.02 Å². The van der Waals surface area contributed by atoms with Crippen molar-refractivity contribution in [2.45, 2.75) is 20.0 Å². The first-order valence-corrected chi connectivity index (χ1v) is 8.58. The summed E-state index contributed by atoms with van der Waals surface area (Å²) < 4.78 is 6.05. The second-order valence-corrected chi connectivity index (χ2v) is 6.52. The minimum Gasteiger partial charge on any atom is -0.483 e. The van der Waals surface area contributed by atoms with Gasteiger partial charge in [-0.25, -0.2) is 4.79 Å². The van der Waals surface area contributed by atoms with E-state index in [1.807, 2.05) is 0 Å². The number of nitro benzene ring substituents is 1. The van der Waals surface area contributed by atoms with Crippen LogP contribution in [0.15, 0.2) is 51.1 Å². The molecule has 9 nitrogen and oxygen atoms in total. The summed E-state index contributed by atoms with van der Waals surface area (Å²) in [5, 5.41) is 15.5. The first kappa shape index (κ1) is 19.3. The fourth-order valence-corrected chi connectivity index (χ4v) is 2.81. The number of hydrogen-bond donors (Lipinski definition) is 1. The fourth-order valence-electron chi connectivity index (χ4n) is 2.54. The highest BCUT2D eigenvalue weighted by Gasteiger charge is 2.21. The van der Waals surface area contributed by atoms with Crippen LogP contribution in [0.4, 0.5) is 5.69 Å². The molecule has 0 amide bonds. The number of rotatable bonds is 5. The van der Waals surface area contributed by atoms with Gasteiger partial charge in [-0.2, -0.15) is 5.10 Å². The number of para-hydroxylation sites is 1. The molecule has 10 heteroatoms. The van der Waals surface area contributed by atoms with Crippen LogP contribution in [0.1, 0.15) is 19.4 Å². The van der Waals surface area contributed by atoms with E-state index in [2.05, 4.69) is 10.1 Å². The van der Waals surface area contributed by atoms with E-state index in [0.29, 0.717) is 10.2 Å². The van der Waals surface area contributed by atoms with E-state index < -0.39 is 16.2 Å². The minimum absolute atomic E-state index is 0.0177. The zero-order chi connectivity index (χ0) is 20.4. The monoisotopic (exact) mass is 402 g/mol. The quantitative estimate of drug-likeness (QED) is 0.399. The SMILES string of the molecule is CC(C)Oc1c(Cl)cc(C=Nn2c(=O)[nH]c3ccccc3c2=O)cc1[N+](=O)[O-]. The molecule has 1 N–H and O–H groups in total. The summed E-state index contributed by atoms with van der Waals surface area (Å²) >= 11 is 6.12. The van der Waals surface area contributed by atoms with Crippen LogP contribution < -0.4 is 16.0 Å². The van der Waals surface area contributed by atoms with Crippen LogP contribution in [-0.4, -0.2) is 26.9 Å². The molecule has 0 fully saturated rings. The van der Waals surface area contributed by atoms with Gasteiger partial charge in [0.15, 0.2) is 0 Å². The van der Waals surface area contributed by atoms with Crippen molar-refractivity contribution >= 4 is 34.4 Å². The molecule has 0 radical (unpaired) electrons. The van der Waals surface area contributed by atoms with Gasteiger partial charge in [0.2, 0.25) is 5.75 Å². The number of hydrogen-bond acceptors (Lipinski definition) is 6. The molecule has 144 valence electrons. The van der Waals surface area contributed by atoms with E-state index in [4.69, 9.17) is 16.3 Å². The number of aromatic nitrogens is 2. The normalized spacial score (nSPS) is 11.4. The molecule has 3 rings (SSSR count). The molecule has 0 saturated heterocycles. The van der Waals surface area contributed by atoms with Crippen molar-refractivity contribution < 1.29 is 9.66 Å². The summed E-state index contributed by atoms with van der Waals surface area (Å²) in [5.74, 6) is -0.0560. The summed E-state index contributed by atoms with van der Waals surface area (Å²) in [7, 11) is 0. The maximum Gasteiger partial charge on any atom is 0.349 e. The summed E-state index contributed by atoms with van der Waals surface area (Å²) in [5.41, 5.74) is -1.08. The van der Waals surface area contributed by atoms with E-state index in [1.165, 1.54) is 12.1 Å². The van der Waals surface area contributed by atoms with Crippen LogP contribution in [-0.2, 0) is 0 Å². The van der Waals surface area contributed by atoms with Gasteiger partial charge in [-0.1, -0.05) is 23.7 Å². The number of ether oxygens (including phenoxy) is 1. The second kappa shape index (κ2) is 7.65. The zero-order valence-corrected chi connectivity index (χ0v) is 15.6. The zero-order valence-electron chi connectivity index (χ0n) is 14.9. The van der Waals surface area contributed by atoms with E-state index in [9.17, 15) is 19.7 Å². The van der Waals surface area contributed by atoms with Crippen LogP contribution in [0.25, 0.3) is 10.9 Å². The Balaban J connectivity index is 2.08. The van der Waals surface area contributed by atoms with Crippen LogP contribution in [0.3, 0.4) is 0 Å². The molecule has 0 spiro atoms. The average Bonchev–Trinajstić information content (AvgIpc) is 2.63. The molecule has 0 saturated carbocycles. The van der Waals surface area contributed by atoms with E-state index in [-0.39, 0.29) is 33.5 Å². The Morgan fingerprint density at radius 2 is 2.00 bits per heavy atom. The van der Waals surface area contributed by atoms with Crippen molar-refractivity contribution in [1.29, 1.82) is 0 Å². The van der Waals surface area contributed by atoms with Gasteiger partial charge < -0.3 is 9.72 Å². The van der Waals surface area contributed by atoms with Gasteiger partial charge in [0.05, 0.1) is 33.2 Å². The maximum absolute atomic E-state index is 12.5. The average molecular weight is 403 g/mol. The molecule has 0 bridgehead atoms. The Morgan fingerprint density at radius 1 is 1.29 bits per heavy atom. The molecule has 28 heavy (non-hydrogen) atoms. The predicted octanol–water partition coefficient (Wildman–Crippen LogP) is 2.92. The van der Waals surface area contributed by atoms with E-state index in [1.54, 1.807) is 38.1 Å². The van der Waals surface area contributed by atoms with Crippen molar-refractivity contribution in [3.05, 3.63) is 77.9 Å². The molecular weight excluding hydrogens is 388 g/mol. The van der Waals surface area contributed by atoms with Gasteiger partial charge >= 0.3 is 11.4 Å². The number of benzene rings is 2. The first-order chi connectivity index (χ1) is 13.3. The lowest BCUT2D eigenvalue weighted by atomic mass is 10.2. The number of halogens is 1. The topological polar surface area (TPSA) is 120 Å². The third-order valence-electron chi connectivity index (χ3n) is 3.70. The van der Waals surface area contributed by atoms with Gasteiger partial charge in [-0.3, -0.25) is 14.9 Å². The molecule has 0 atom stereocenters. The molecule has 2 aromatic carbocycles. The molecule has 0 aliphatic rings. The second-order valence-electron chi connectivity index (χ2n) is 6.11. The Morgan fingerprint density at radius 3 is 2.68 bits per heavy atom. The van der Waals surface area contributed by atoms with Crippen molar-refractivity contribution in [2.75, 3.05) is 0 Å². The van der Waals surface area contributed by atoms with Crippen molar-refractivity contribution in [2.24, 2.45) is 5.10 Å². The smallest absolute Gasteiger partial charge is 0.349 e. The number of nitro groups is 1. The predicted molar refractivity (Wildman–Crippen MR) is 106 cm³/mol. The Kier molecular flexibility index (Phi) is 5.27. The largest absolute Gasteiger partial charge is 0.483 e. The first-order valence-electron chi connectivity index (χ1n) is 8.21. The highest BCUT2D eigenvalue weighted by molar-refractivity contribution is 6.32. The Labute approximate surface area is 163 Å². The molecular formula is C18H15ClN4O5. The van der Waals surface area contributed by atoms with Gasteiger partial charge in [0.25, 0.3) is 5.56 Å². The standard InChI is InChI=1S/C18H15ClN4O5/c1-10(2)28-16-13(19)7-11(8-15(16)23(26)27)9-20-22-17(24)12-5-3-4-6-14(12)21-18(22)25/h3-10H,1-2H3,(H,21,25). The van der Waals surface area contributed by atoms with Crippen LogP contribution >= 0.6 is 11.6 Å². The number of fused-ring (bicyclic) bond motifs is 1.